The van der Waals surface area contributed by atoms with Crippen LogP contribution in [0.4, 0.5) is 0 Å². The van der Waals surface area contributed by atoms with Crippen LogP contribution in [0.25, 0.3) is 99.4 Å². The fraction of sp³-hybridized carbons (Fsp3) is 0. The standard InChI is InChI=1S/C56H38O/c57-56-53(50-34-46(40-21-9-3-10-22-40)31-47(35-50)41-23-11-4-12-24-41)36-43-26-14-16-28-52(43)55(56)54-37-49(29-42-25-13-15-27-51(42)54)48-32-44(38-17-5-1-6-18-38)30-45(33-48)39-19-7-2-8-20-39/h1-37,57H. The Balaban J connectivity index is 1.23. The number of phenolic OH excluding ortho intramolecular Hbond substituents is 1. The van der Waals surface area contributed by atoms with Gasteiger partial charge in [0.05, 0.1) is 0 Å². The summed E-state index contributed by atoms with van der Waals surface area (Å²) in [5, 5.41) is 17.1. The first-order valence-corrected chi connectivity index (χ1v) is 19.5. The van der Waals surface area contributed by atoms with Gasteiger partial charge >= 0.3 is 0 Å². The summed E-state index contributed by atoms with van der Waals surface area (Å²) < 4.78 is 0. The number of phenols is 1. The summed E-state index contributed by atoms with van der Waals surface area (Å²) in [7, 11) is 0. The quantitative estimate of drug-likeness (QED) is 0.173. The second-order valence-electron chi connectivity index (χ2n) is 14.7. The number of benzene rings is 10. The van der Waals surface area contributed by atoms with Crippen molar-refractivity contribution in [1.82, 2.24) is 0 Å². The molecule has 0 heterocycles. The Morgan fingerprint density at radius 3 is 1.02 bits per heavy atom. The summed E-state index contributed by atoms with van der Waals surface area (Å²) in [4.78, 5) is 0. The molecule has 1 N–H and O–H groups in total. The van der Waals surface area contributed by atoms with Gasteiger partial charge in [-0.05, 0) is 143 Å². The Labute approximate surface area is 333 Å². The van der Waals surface area contributed by atoms with Crippen molar-refractivity contribution in [2.24, 2.45) is 0 Å². The van der Waals surface area contributed by atoms with Gasteiger partial charge in [0.1, 0.15) is 5.75 Å². The van der Waals surface area contributed by atoms with E-state index in [2.05, 4.69) is 212 Å². The first kappa shape index (κ1) is 34.0. The lowest BCUT2D eigenvalue weighted by atomic mass is 9.85. The highest BCUT2D eigenvalue weighted by molar-refractivity contribution is 6.12. The molecule has 0 bridgehead atoms. The Morgan fingerprint density at radius 2 is 0.561 bits per heavy atom. The van der Waals surface area contributed by atoms with E-state index in [9.17, 15) is 5.11 Å². The van der Waals surface area contributed by atoms with Crippen LogP contribution in [0.5, 0.6) is 5.75 Å². The van der Waals surface area contributed by atoms with Gasteiger partial charge in [0.2, 0.25) is 0 Å². The molecule has 0 saturated carbocycles. The van der Waals surface area contributed by atoms with Crippen LogP contribution in [0.2, 0.25) is 0 Å². The van der Waals surface area contributed by atoms with Crippen LogP contribution in [-0.4, -0.2) is 5.11 Å². The number of hydrogen-bond donors (Lipinski definition) is 1. The molecule has 0 aliphatic heterocycles. The Morgan fingerprint density at radius 1 is 0.228 bits per heavy atom. The molecule has 10 aromatic carbocycles. The van der Waals surface area contributed by atoms with E-state index in [1.807, 2.05) is 12.1 Å². The second kappa shape index (κ2) is 14.6. The van der Waals surface area contributed by atoms with Crippen molar-refractivity contribution in [2.45, 2.75) is 0 Å². The number of fused-ring (bicyclic) bond motifs is 2. The lowest BCUT2D eigenvalue weighted by molar-refractivity contribution is 0.480. The van der Waals surface area contributed by atoms with Gasteiger partial charge in [-0.2, -0.15) is 0 Å². The van der Waals surface area contributed by atoms with Crippen LogP contribution in [0.1, 0.15) is 0 Å². The third-order valence-corrected chi connectivity index (χ3v) is 11.1. The molecule has 0 aromatic heterocycles. The maximum absolute atomic E-state index is 12.8. The van der Waals surface area contributed by atoms with Gasteiger partial charge in [0.15, 0.2) is 0 Å². The molecule has 0 saturated heterocycles. The van der Waals surface area contributed by atoms with E-state index in [1.54, 1.807) is 0 Å². The van der Waals surface area contributed by atoms with Crippen molar-refractivity contribution in [3.05, 3.63) is 224 Å². The summed E-state index contributed by atoms with van der Waals surface area (Å²) in [6.45, 7) is 0. The van der Waals surface area contributed by atoms with Crippen molar-refractivity contribution in [3.8, 4) is 83.6 Å². The van der Waals surface area contributed by atoms with Gasteiger partial charge in [-0.25, -0.2) is 0 Å². The largest absolute Gasteiger partial charge is 0.507 e. The van der Waals surface area contributed by atoms with Crippen LogP contribution >= 0.6 is 0 Å². The maximum atomic E-state index is 12.8. The maximum Gasteiger partial charge on any atom is 0.131 e. The summed E-state index contributed by atoms with van der Waals surface area (Å²) in [5.74, 6) is 0.267. The fourth-order valence-corrected chi connectivity index (χ4v) is 8.28. The molecule has 10 rings (SSSR count). The zero-order valence-electron chi connectivity index (χ0n) is 31.3. The number of hydrogen-bond acceptors (Lipinski definition) is 1. The molecule has 10 aromatic rings. The molecule has 0 aliphatic rings. The van der Waals surface area contributed by atoms with Gasteiger partial charge in [0.25, 0.3) is 0 Å². The summed E-state index contributed by atoms with van der Waals surface area (Å²) in [5.41, 5.74) is 14.9. The highest BCUT2D eigenvalue weighted by Crippen LogP contribution is 2.48. The average Bonchev–Trinajstić information content (AvgIpc) is 3.29. The van der Waals surface area contributed by atoms with Crippen molar-refractivity contribution < 1.29 is 5.11 Å². The minimum absolute atomic E-state index is 0.267. The van der Waals surface area contributed by atoms with E-state index in [1.165, 1.54) is 11.1 Å². The predicted octanol–water partition coefficient (Wildman–Crippen LogP) is 15.4. The third-order valence-electron chi connectivity index (χ3n) is 11.1. The smallest absolute Gasteiger partial charge is 0.131 e. The van der Waals surface area contributed by atoms with Gasteiger partial charge < -0.3 is 5.11 Å². The van der Waals surface area contributed by atoms with Gasteiger partial charge in [-0.1, -0.05) is 170 Å². The number of rotatable bonds is 7. The molecule has 57 heavy (non-hydrogen) atoms. The topological polar surface area (TPSA) is 20.2 Å². The van der Waals surface area contributed by atoms with Crippen LogP contribution < -0.4 is 0 Å². The minimum Gasteiger partial charge on any atom is -0.507 e. The molecule has 0 unspecified atom stereocenters. The molecule has 268 valence electrons. The predicted molar refractivity (Wildman–Crippen MR) is 241 cm³/mol. The number of aromatic hydroxyl groups is 1. The van der Waals surface area contributed by atoms with Gasteiger partial charge in [-0.3, -0.25) is 0 Å². The monoisotopic (exact) mass is 726 g/mol. The molecule has 1 heteroatoms. The summed E-state index contributed by atoms with van der Waals surface area (Å²) in [6, 6.07) is 79.4. The molecule has 0 atom stereocenters. The van der Waals surface area contributed by atoms with Crippen LogP contribution in [0, 0.1) is 0 Å². The first-order chi connectivity index (χ1) is 28.2. The molecule has 0 radical (unpaired) electrons. The van der Waals surface area contributed by atoms with E-state index >= 15 is 0 Å². The first-order valence-electron chi connectivity index (χ1n) is 19.5. The average molecular weight is 727 g/mol. The van der Waals surface area contributed by atoms with Crippen LogP contribution in [-0.2, 0) is 0 Å². The zero-order valence-corrected chi connectivity index (χ0v) is 31.3. The van der Waals surface area contributed by atoms with Gasteiger partial charge in [0, 0.05) is 11.1 Å². The lowest BCUT2D eigenvalue weighted by Gasteiger charge is -2.19. The van der Waals surface area contributed by atoms with Crippen LogP contribution in [0.3, 0.4) is 0 Å². The fourth-order valence-electron chi connectivity index (χ4n) is 8.28. The van der Waals surface area contributed by atoms with E-state index in [0.29, 0.717) is 0 Å². The molecular formula is C56H38O. The van der Waals surface area contributed by atoms with Crippen molar-refractivity contribution in [2.75, 3.05) is 0 Å². The van der Waals surface area contributed by atoms with Crippen LogP contribution in [0.15, 0.2) is 224 Å². The zero-order chi connectivity index (χ0) is 38.1. The normalized spacial score (nSPS) is 11.2. The third kappa shape index (κ3) is 6.56. The molecule has 1 nitrogen and oxygen atoms in total. The van der Waals surface area contributed by atoms with Gasteiger partial charge in [-0.15, -0.1) is 0 Å². The summed E-state index contributed by atoms with van der Waals surface area (Å²) in [6.07, 6.45) is 0. The van der Waals surface area contributed by atoms with Crippen molar-refractivity contribution in [3.63, 3.8) is 0 Å². The highest BCUT2D eigenvalue weighted by Gasteiger charge is 2.20. The Bertz CT molecular complexity index is 2920. The molecule has 0 aliphatic carbocycles. The van der Waals surface area contributed by atoms with Crippen molar-refractivity contribution in [1.29, 1.82) is 0 Å². The van der Waals surface area contributed by atoms with Crippen molar-refractivity contribution >= 4 is 21.5 Å². The van der Waals surface area contributed by atoms with E-state index < -0.39 is 0 Å². The molecule has 0 amide bonds. The van der Waals surface area contributed by atoms with E-state index in [0.717, 1.165) is 88.3 Å². The van der Waals surface area contributed by atoms with E-state index in [4.69, 9.17) is 0 Å². The Hall–Kier alpha value is -7.48. The Kier molecular flexibility index (Phi) is 8.74. The molecule has 0 fully saturated rings. The lowest BCUT2D eigenvalue weighted by Crippen LogP contribution is -1.92. The van der Waals surface area contributed by atoms with E-state index in [-0.39, 0.29) is 5.75 Å². The highest BCUT2D eigenvalue weighted by atomic mass is 16.3. The minimum atomic E-state index is 0.267. The molecular weight excluding hydrogens is 689 g/mol. The summed E-state index contributed by atoms with van der Waals surface area (Å²) >= 11 is 0. The molecule has 0 spiro atoms. The second-order valence-corrected chi connectivity index (χ2v) is 14.7. The SMILES string of the molecule is Oc1c(-c2cc(-c3ccccc3)cc(-c3ccccc3)c2)cc2ccccc2c1-c1cc(-c2cc(-c3ccccc3)cc(-c3ccccc3)c2)cc2ccccc12.